The maximum Gasteiger partial charge on any atom is 0.252 e. The van der Waals surface area contributed by atoms with E-state index in [1.54, 1.807) is 18.2 Å². The van der Waals surface area contributed by atoms with E-state index in [4.69, 9.17) is 23.2 Å². The van der Waals surface area contributed by atoms with Gasteiger partial charge in [0.1, 0.15) is 0 Å². The van der Waals surface area contributed by atoms with Crippen molar-refractivity contribution >= 4 is 45.0 Å². The van der Waals surface area contributed by atoms with Crippen molar-refractivity contribution in [1.82, 2.24) is 5.32 Å². The second-order valence-electron chi connectivity index (χ2n) is 3.48. The molecule has 1 unspecified atom stereocenters. The molecule has 1 rings (SSSR count). The Bertz CT molecular complexity index is 384. The molecule has 0 heterocycles. The first-order valence-corrected chi connectivity index (χ1v) is 6.57. The van der Waals surface area contributed by atoms with Crippen LogP contribution in [0.2, 0.25) is 5.02 Å². The molecule has 0 saturated heterocycles. The number of hydrogen-bond acceptors (Lipinski definition) is 1. The maximum atomic E-state index is 11.8. The molecule has 16 heavy (non-hydrogen) atoms. The molecule has 5 heteroatoms. The molecule has 0 radical (unpaired) electrons. The third-order valence-electron chi connectivity index (χ3n) is 2.10. The Kier molecular flexibility index (Phi) is 5.59. The molecule has 1 N–H and O–H groups in total. The third-order valence-corrected chi connectivity index (χ3v) is 3.20. The van der Waals surface area contributed by atoms with Crippen LogP contribution in [0.1, 0.15) is 23.7 Å². The summed E-state index contributed by atoms with van der Waals surface area (Å²) in [6.07, 6.45) is 0.749. The Morgan fingerprint density at radius 2 is 2.25 bits per heavy atom. The number of alkyl halides is 1. The van der Waals surface area contributed by atoms with Crippen LogP contribution in [0.5, 0.6) is 0 Å². The Morgan fingerprint density at radius 3 is 2.81 bits per heavy atom. The summed E-state index contributed by atoms with van der Waals surface area (Å²) in [6, 6.07) is 5.14. The number of halogens is 3. The van der Waals surface area contributed by atoms with Crippen molar-refractivity contribution in [2.24, 2.45) is 0 Å². The van der Waals surface area contributed by atoms with Crippen LogP contribution in [0.3, 0.4) is 0 Å². The molecular formula is C11H12BrCl2NO. The van der Waals surface area contributed by atoms with Crippen molar-refractivity contribution in [1.29, 1.82) is 0 Å². The van der Waals surface area contributed by atoms with Gasteiger partial charge in [-0.25, -0.2) is 0 Å². The van der Waals surface area contributed by atoms with E-state index in [9.17, 15) is 4.79 Å². The summed E-state index contributed by atoms with van der Waals surface area (Å²) in [5, 5.41) is 3.46. The number of benzene rings is 1. The SMILES string of the molecule is CC(CCCl)NC(=O)c1ccc(Cl)cc1Br. The van der Waals surface area contributed by atoms with Crippen LogP contribution in [0.4, 0.5) is 0 Å². The van der Waals surface area contributed by atoms with Gasteiger partial charge in [0.05, 0.1) is 5.56 Å². The van der Waals surface area contributed by atoms with E-state index in [1.165, 1.54) is 0 Å². The van der Waals surface area contributed by atoms with Gasteiger partial charge in [-0.1, -0.05) is 11.6 Å². The molecule has 0 aliphatic carbocycles. The van der Waals surface area contributed by atoms with Crippen molar-refractivity contribution in [2.75, 3.05) is 5.88 Å². The van der Waals surface area contributed by atoms with Crippen molar-refractivity contribution in [3.8, 4) is 0 Å². The predicted molar refractivity (Wildman–Crippen MR) is 71.4 cm³/mol. The number of amides is 1. The summed E-state index contributed by atoms with van der Waals surface area (Å²) in [5.74, 6) is 0.407. The van der Waals surface area contributed by atoms with E-state index in [2.05, 4.69) is 21.2 Å². The zero-order valence-electron chi connectivity index (χ0n) is 8.77. The molecule has 88 valence electrons. The fraction of sp³-hybridized carbons (Fsp3) is 0.364. The molecule has 0 aliphatic heterocycles. The molecule has 0 bridgehead atoms. The molecule has 0 aromatic heterocycles. The second-order valence-corrected chi connectivity index (χ2v) is 5.15. The zero-order chi connectivity index (χ0) is 12.1. The molecule has 0 aliphatic rings. The quantitative estimate of drug-likeness (QED) is 0.837. The van der Waals surface area contributed by atoms with Crippen LogP contribution in [0, 0.1) is 0 Å². The van der Waals surface area contributed by atoms with Crippen LogP contribution in [-0.2, 0) is 0 Å². The molecule has 1 amide bonds. The van der Waals surface area contributed by atoms with Crippen LogP contribution < -0.4 is 5.32 Å². The summed E-state index contributed by atoms with van der Waals surface area (Å²) in [7, 11) is 0. The van der Waals surface area contributed by atoms with Crippen molar-refractivity contribution in [3.63, 3.8) is 0 Å². The van der Waals surface area contributed by atoms with E-state index >= 15 is 0 Å². The summed E-state index contributed by atoms with van der Waals surface area (Å²) in [6.45, 7) is 1.92. The van der Waals surface area contributed by atoms with Crippen molar-refractivity contribution in [2.45, 2.75) is 19.4 Å². The standard InChI is InChI=1S/C11H12BrCl2NO/c1-7(4-5-13)15-11(16)9-3-2-8(14)6-10(9)12/h2-3,6-7H,4-5H2,1H3,(H,15,16). The number of hydrogen-bond donors (Lipinski definition) is 1. The lowest BCUT2D eigenvalue weighted by molar-refractivity contribution is 0.0938. The number of rotatable bonds is 4. The highest BCUT2D eigenvalue weighted by Gasteiger charge is 2.12. The molecule has 1 atom stereocenters. The lowest BCUT2D eigenvalue weighted by Crippen LogP contribution is -2.33. The van der Waals surface area contributed by atoms with Crippen molar-refractivity contribution in [3.05, 3.63) is 33.3 Å². The smallest absolute Gasteiger partial charge is 0.252 e. The maximum absolute atomic E-state index is 11.8. The predicted octanol–water partition coefficient (Wildman–Crippen LogP) is 3.85. The van der Waals surface area contributed by atoms with Gasteiger partial charge in [0, 0.05) is 21.4 Å². The molecule has 2 nitrogen and oxygen atoms in total. The Labute approximate surface area is 113 Å². The highest BCUT2D eigenvalue weighted by atomic mass is 79.9. The van der Waals surface area contributed by atoms with Gasteiger partial charge in [-0.3, -0.25) is 4.79 Å². The first kappa shape index (κ1) is 13.8. The molecule has 1 aromatic rings. The molecule has 1 aromatic carbocycles. The first-order chi connectivity index (χ1) is 7.54. The molecule has 0 spiro atoms. The van der Waals surface area contributed by atoms with E-state index < -0.39 is 0 Å². The minimum atomic E-state index is -0.124. The van der Waals surface area contributed by atoms with Crippen molar-refractivity contribution < 1.29 is 4.79 Å². The van der Waals surface area contributed by atoms with Gasteiger partial charge in [-0.15, -0.1) is 11.6 Å². The monoisotopic (exact) mass is 323 g/mol. The zero-order valence-corrected chi connectivity index (χ0v) is 11.9. The van der Waals surface area contributed by atoms with Crippen LogP contribution in [0.25, 0.3) is 0 Å². The van der Waals surface area contributed by atoms with E-state index in [0.29, 0.717) is 20.9 Å². The summed E-state index contributed by atoms with van der Waals surface area (Å²) in [4.78, 5) is 11.8. The highest BCUT2D eigenvalue weighted by Crippen LogP contribution is 2.21. The van der Waals surface area contributed by atoms with Gasteiger partial charge >= 0.3 is 0 Å². The molecular weight excluding hydrogens is 313 g/mol. The van der Waals surface area contributed by atoms with E-state index in [1.807, 2.05) is 6.92 Å². The lowest BCUT2D eigenvalue weighted by atomic mass is 10.2. The Hall–Kier alpha value is -0.250. The van der Waals surface area contributed by atoms with Crippen LogP contribution >= 0.6 is 39.1 Å². The third kappa shape index (κ3) is 3.96. The molecule has 0 fully saturated rings. The minimum absolute atomic E-state index is 0.0626. The molecule has 0 saturated carbocycles. The second kappa shape index (κ2) is 6.48. The Balaban J connectivity index is 2.73. The van der Waals surface area contributed by atoms with Gasteiger partial charge in [0.25, 0.3) is 5.91 Å². The first-order valence-electron chi connectivity index (χ1n) is 4.86. The van der Waals surface area contributed by atoms with Gasteiger partial charge in [-0.2, -0.15) is 0 Å². The average molecular weight is 325 g/mol. The normalized spacial score (nSPS) is 12.2. The topological polar surface area (TPSA) is 29.1 Å². The number of carbonyl (C=O) groups is 1. The number of carbonyl (C=O) groups excluding carboxylic acids is 1. The van der Waals surface area contributed by atoms with Crippen LogP contribution in [-0.4, -0.2) is 17.8 Å². The minimum Gasteiger partial charge on any atom is -0.350 e. The van der Waals surface area contributed by atoms with Gasteiger partial charge in [-0.05, 0) is 47.5 Å². The van der Waals surface area contributed by atoms with E-state index in [0.717, 1.165) is 6.42 Å². The highest BCUT2D eigenvalue weighted by molar-refractivity contribution is 9.10. The van der Waals surface area contributed by atoms with Gasteiger partial charge < -0.3 is 5.32 Å². The van der Waals surface area contributed by atoms with Gasteiger partial charge in [0.15, 0.2) is 0 Å². The average Bonchev–Trinajstić information content (AvgIpc) is 2.17. The van der Waals surface area contributed by atoms with E-state index in [-0.39, 0.29) is 11.9 Å². The largest absolute Gasteiger partial charge is 0.350 e. The van der Waals surface area contributed by atoms with Gasteiger partial charge in [0.2, 0.25) is 0 Å². The summed E-state index contributed by atoms with van der Waals surface area (Å²) < 4.78 is 0.690. The van der Waals surface area contributed by atoms with Crippen LogP contribution in [0.15, 0.2) is 22.7 Å². The summed E-state index contributed by atoms with van der Waals surface area (Å²) >= 11 is 14.7. The fourth-order valence-corrected chi connectivity index (χ4v) is 2.40. The summed E-state index contributed by atoms with van der Waals surface area (Å²) in [5.41, 5.74) is 0.575. The number of nitrogens with one attached hydrogen (secondary N) is 1. The lowest BCUT2D eigenvalue weighted by Gasteiger charge is -2.13. The fourth-order valence-electron chi connectivity index (χ4n) is 1.21. The Morgan fingerprint density at radius 1 is 1.56 bits per heavy atom.